The van der Waals surface area contributed by atoms with Crippen LogP contribution in [0.2, 0.25) is 0 Å². The monoisotopic (exact) mass is 370 g/mol. The minimum absolute atomic E-state index is 0.767. The normalized spacial score (nSPS) is 10.9. The van der Waals surface area contributed by atoms with Crippen molar-refractivity contribution in [2.75, 3.05) is 33.4 Å². The molecule has 0 saturated carbocycles. The molecule has 1 aromatic heterocycles. The Balaban J connectivity index is 2.05. The minimum atomic E-state index is 0.767. The number of halogens is 2. The lowest BCUT2D eigenvalue weighted by Gasteiger charge is -2.05. The van der Waals surface area contributed by atoms with Crippen LogP contribution in [0.1, 0.15) is 5.56 Å². The van der Waals surface area contributed by atoms with Gasteiger partial charge in [0.1, 0.15) is 0 Å². The van der Waals surface area contributed by atoms with E-state index in [1.165, 1.54) is 9.35 Å². The van der Waals surface area contributed by atoms with Crippen molar-refractivity contribution in [3.63, 3.8) is 0 Å². The Morgan fingerprint density at radius 3 is 2.62 bits per heavy atom. The van der Waals surface area contributed by atoms with Crippen molar-refractivity contribution in [3.05, 3.63) is 19.2 Å². The van der Waals surface area contributed by atoms with Crippen molar-refractivity contribution < 1.29 is 4.74 Å². The fourth-order valence-electron chi connectivity index (χ4n) is 1.19. The maximum Gasteiger partial charge on any atom is 0.0755 e. The Morgan fingerprint density at radius 2 is 2.00 bits per heavy atom. The van der Waals surface area contributed by atoms with Gasteiger partial charge in [-0.3, -0.25) is 0 Å². The van der Waals surface area contributed by atoms with Crippen LogP contribution in [-0.4, -0.2) is 33.4 Å². The summed E-state index contributed by atoms with van der Waals surface area (Å²) in [4.78, 5) is 0. The zero-order valence-electron chi connectivity index (χ0n) is 9.19. The molecule has 0 aliphatic carbocycles. The Hall–Kier alpha value is 0.540. The van der Waals surface area contributed by atoms with Gasteiger partial charge in [0.15, 0.2) is 0 Å². The highest BCUT2D eigenvalue weighted by molar-refractivity contribution is 9.12. The summed E-state index contributed by atoms with van der Waals surface area (Å²) in [5.74, 6) is 0. The molecule has 92 valence electrons. The Labute approximate surface area is 117 Å². The van der Waals surface area contributed by atoms with Crippen LogP contribution >= 0.6 is 43.2 Å². The van der Waals surface area contributed by atoms with E-state index in [1.54, 1.807) is 18.4 Å². The topological polar surface area (TPSA) is 33.3 Å². The lowest BCUT2D eigenvalue weighted by molar-refractivity contribution is 0.199. The minimum Gasteiger partial charge on any atom is -0.383 e. The van der Waals surface area contributed by atoms with Crippen LogP contribution in [-0.2, 0) is 11.3 Å². The van der Waals surface area contributed by atoms with E-state index in [0.29, 0.717) is 0 Å². The third kappa shape index (κ3) is 5.75. The predicted octanol–water partition coefficient (Wildman–Crippen LogP) is 2.60. The van der Waals surface area contributed by atoms with Crippen molar-refractivity contribution >= 4 is 43.2 Å². The Morgan fingerprint density at radius 1 is 1.25 bits per heavy atom. The first-order valence-electron chi connectivity index (χ1n) is 5.08. The summed E-state index contributed by atoms with van der Waals surface area (Å²) in [6.07, 6.45) is 0. The molecule has 1 aromatic rings. The number of rotatable bonds is 8. The van der Waals surface area contributed by atoms with Crippen molar-refractivity contribution in [2.45, 2.75) is 6.54 Å². The first-order valence-corrected chi connectivity index (χ1v) is 7.48. The molecule has 0 bridgehead atoms. The highest BCUT2D eigenvalue weighted by Gasteiger charge is 2.03. The number of methoxy groups -OCH3 is 1. The Bertz CT molecular complexity index is 307. The average molecular weight is 372 g/mol. The van der Waals surface area contributed by atoms with Crippen LogP contribution in [0.4, 0.5) is 0 Å². The zero-order valence-corrected chi connectivity index (χ0v) is 13.2. The average Bonchev–Trinajstić information content (AvgIpc) is 2.56. The van der Waals surface area contributed by atoms with E-state index >= 15 is 0 Å². The lowest BCUT2D eigenvalue weighted by atomic mass is 10.3. The second-order valence-electron chi connectivity index (χ2n) is 3.27. The first-order chi connectivity index (χ1) is 7.74. The maximum absolute atomic E-state index is 4.94. The number of hydrogen-bond donors (Lipinski definition) is 2. The molecule has 1 rings (SSSR count). The van der Waals surface area contributed by atoms with E-state index in [-0.39, 0.29) is 0 Å². The molecule has 0 atom stereocenters. The molecular formula is C10H16Br2N2OS. The molecular weight excluding hydrogens is 356 g/mol. The van der Waals surface area contributed by atoms with Crippen molar-refractivity contribution in [3.8, 4) is 0 Å². The molecule has 0 spiro atoms. The molecule has 1 heterocycles. The SMILES string of the molecule is COCCNCCNCc1cc(Br)sc1Br. The van der Waals surface area contributed by atoms with Crippen molar-refractivity contribution in [2.24, 2.45) is 0 Å². The first kappa shape index (κ1) is 14.6. The molecule has 0 aliphatic heterocycles. The molecule has 0 aromatic carbocycles. The van der Waals surface area contributed by atoms with E-state index in [2.05, 4.69) is 48.6 Å². The van der Waals surface area contributed by atoms with Crippen LogP contribution in [0.25, 0.3) is 0 Å². The van der Waals surface area contributed by atoms with Gasteiger partial charge in [0, 0.05) is 33.3 Å². The highest BCUT2D eigenvalue weighted by atomic mass is 79.9. The third-order valence-corrected chi connectivity index (χ3v) is 4.47. The maximum atomic E-state index is 4.94. The molecule has 6 heteroatoms. The third-order valence-electron chi connectivity index (χ3n) is 2.00. The van der Waals surface area contributed by atoms with Gasteiger partial charge in [-0.1, -0.05) is 0 Å². The van der Waals surface area contributed by atoms with Crippen LogP contribution < -0.4 is 10.6 Å². The number of thiophene rings is 1. The van der Waals surface area contributed by atoms with Crippen LogP contribution in [0.15, 0.2) is 13.6 Å². The van der Waals surface area contributed by atoms with E-state index < -0.39 is 0 Å². The summed E-state index contributed by atoms with van der Waals surface area (Å²) in [7, 11) is 1.71. The second-order valence-corrected chi connectivity index (χ2v) is 7.02. The van der Waals surface area contributed by atoms with E-state index in [4.69, 9.17) is 4.74 Å². The number of nitrogens with one attached hydrogen (secondary N) is 2. The molecule has 0 radical (unpaired) electrons. The van der Waals surface area contributed by atoms with Gasteiger partial charge in [0.25, 0.3) is 0 Å². The van der Waals surface area contributed by atoms with Gasteiger partial charge in [0.2, 0.25) is 0 Å². The van der Waals surface area contributed by atoms with Crippen LogP contribution in [0.3, 0.4) is 0 Å². The number of ether oxygens (including phenoxy) is 1. The molecule has 3 nitrogen and oxygen atoms in total. The zero-order chi connectivity index (χ0) is 11.8. The highest BCUT2D eigenvalue weighted by Crippen LogP contribution is 2.31. The van der Waals surface area contributed by atoms with Crippen LogP contribution in [0.5, 0.6) is 0 Å². The van der Waals surface area contributed by atoms with Gasteiger partial charge < -0.3 is 15.4 Å². The molecule has 2 N–H and O–H groups in total. The van der Waals surface area contributed by atoms with Crippen molar-refractivity contribution in [1.29, 1.82) is 0 Å². The smallest absolute Gasteiger partial charge is 0.0755 e. The van der Waals surface area contributed by atoms with Gasteiger partial charge in [-0.05, 0) is 43.5 Å². The summed E-state index contributed by atoms with van der Waals surface area (Å²) >= 11 is 8.71. The summed E-state index contributed by atoms with van der Waals surface area (Å²) in [6.45, 7) is 4.50. The standard InChI is InChI=1S/C10H16Br2N2OS/c1-15-5-4-13-2-3-14-7-8-6-9(11)16-10(8)12/h6,13-14H,2-5,7H2,1H3. The second kappa shape index (κ2) is 8.60. The largest absolute Gasteiger partial charge is 0.383 e. The summed E-state index contributed by atoms with van der Waals surface area (Å²) < 4.78 is 7.30. The van der Waals surface area contributed by atoms with Gasteiger partial charge in [-0.25, -0.2) is 0 Å². The molecule has 16 heavy (non-hydrogen) atoms. The molecule has 0 amide bonds. The van der Waals surface area contributed by atoms with Crippen molar-refractivity contribution in [1.82, 2.24) is 10.6 Å². The Kier molecular flexibility index (Phi) is 7.85. The summed E-state index contributed by atoms with van der Waals surface area (Å²) in [5.41, 5.74) is 1.30. The fraction of sp³-hybridized carbons (Fsp3) is 0.600. The summed E-state index contributed by atoms with van der Waals surface area (Å²) in [6, 6.07) is 2.14. The molecule has 0 saturated heterocycles. The quantitative estimate of drug-likeness (QED) is 0.689. The van der Waals surface area contributed by atoms with E-state index in [1.807, 2.05) is 0 Å². The van der Waals surface area contributed by atoms with Gasteiger partial charge >= 0.3 is 0 Å². The summed E-state index contributed by atoms with van der Waals surface area (Å²) in [5, 5.41) is 6.67. The molecule has 0 fully saturated rings. The van der Waals surface area contributed by atoms with E-state index in [0.717, 1.165) is 36.6 Å². The van der Waals surface area contributed by atoms with Crippen LogP contribution in [0, 0.1) is 0 Å². The number of hydrogen-bond acceptors (Lipinski definition) is 4. The molecule has 0 unspecified atom stereocenters. The lowest BCUT2D eigenvalue weighted by Crippen LogP contribution is -2.29. The fourth-order valence-corrected chi connectivity index (χ4v) is 4.02. The van der Waals surface area contributed by atoms with Gasteiger partial charge in [-0.2, -0.15) is 0 Å². The molecule has 0 aliphatic rings. The predicted molar refractivity (Wildman–Crippen MR) is 76.2 cm³/mol. The van der Waals surface area contributed by atoms with E-state index in [9.17, 15) is 0 Å². The van der Waals surface area contributed by atoms with Gasteiger partial charge in [0.05, 0.1) is 14.2 Å². The van der Waals surface area contributed by atoms with Gasteiger partial charge in [-0.15, -0.1) is 11.3 Å².